The van der Waals surface area contributed by atoms with Crippen LogP contribution in [0.3, 0.4) is 0 Å². The Morgan fingerprint density at radius 3 is 2.37 bits per heavy atom. The molecular weight excluding hydrogens is 399 g/mol. The van der Waals surface area contributed by atoms with Gasteiger partial charge >= 0.3 is 6.18 Å². The number of amides is 1. The summed E-state index contributed by atoms with van der Waals surface area (Å²) < 4.78 is 52.4. The number of nitrogens with one attached hydrogen (secondary N) is 1. The van der Waals surface area contributed by atoms with Gasteiger partial charge in [0, 0.05) is 6.04 Å². The molecule has 9 heteroatoms. The van der Waals surface area contributed by atoms with Gasteiger partial charge < -0.3 is 14.8 Å². The Morgan fingerprint density at radius 2 is 1.83 bits per heavy atom. The van der Waals surface area contributed by atoms with Crippen molar-refractivity contribution < 1.29 is 27.4 Å². The van der Waals surface area contributed by atoms with E-state index in [1.165, 1.54) is 7.11 Å². The first-order valence-electron chi connectivity index (χ1n) is 9.72. The number of ether oxygens (including phenoxy) is 2. The molecule has 1 aromatic heterocycles. The molecule has 0 fully saturated rings. The van der Waals surface area contributed by atoms with Gasteiger partial charge in [-0.3, -0.25) is 9.48 Å². The normalized spacial score (nSPS) is 12.9. The summed E-state index contributed by atoms with van der Waals surface area (Å²) in [5, 5.41) is 6.37. The highest BCUT2D eigenvalue weighted by molar-refractivity contribution is 5.95. The Kier molecular flexibility index (Phi) is 7.39. The smallest absolute Gasteiger partial charge is 0.433 e. The number of aromatic nitrogens is 2. The predicted molar refractivity (Wildman–Crippen MR) is 107 cm³/mol. The van der Waals surface area contributed by atoms with Crippen molar-refractivity contribution in [3.8, 4) is 11.5 Å². The van der Waals surface area contributed by atoms with Crippen molar-refractivity contribution in [2.45, 2.75) is 52.9 Å². The standard InChI is InChI=1S/C21H28F3N3O3/c1-12(2)11-30-17-8-7-15(9-18(17)29-6)14(5)26-20(28)16-10-25-27(13(3)4)19(16)21(22,23)24/h7-10,12-14H,11H2,1-6H3,(H,26,28)/t14-/m1/s1. The maximum atomic E-state index is 13.5. The van der Waals surface area contributed by atoms with E-state index in [2.05, 4.69) is 10.4 Å². The van der Waals surface area contributed by atoms with E-state index in [4.69, 9.17) is 9.47 Å². The maximum absolute atomic E-state index is 13.5. The average Bonchev–Trinajstić information content (AvgIpc) is 3.12. The van der Waals surface area contributed by atoms with Crippen LogP contribution in [-0.2, 0) is 6.18 Å². The lowest BCUT2D eigenvalue weighted by Gasteiger charge is -2.19. The molecule has 0 aliphatic heterocycles. The lowest BCUT2D eigenvalue weighted by atomic mass is 10.1. The minimum atomic E-state index is -4.70. The van der Waals surface area contributed by atoms with Gasteiger partial charge in [-0.15, -0.1) is 0 Å². The minimum absolute atomic E-state index is 0.335. The van der Waals surface area contributed by atoms with Crippen LogP contribution < -0.4 is 14.8 Å². The van der Waals surface area contributed by atoms with E-state index in [1.54, 1.807) is 39.0 Å². The molecule has 0 unspecified atom stereocenters. The van der Waals surface area contributed by atoms with Crippen molar-refractivity contribution in [2.24, 2.45) is 5.92 Å². The highest BCUT2D eigenvalue weighted by Gasteiger charge is 2.40. The molecule has 0 bridgehead atoms. The van der Waals surface area contributed by atoms with Crippen LogP contribution in [0.1, 0.15) is 68.3 Å². The lowest BCUT2D eigenvalue weighted by Crippen LogP contribution is -2.29. The van der Waals surface area contributed by atoms with Gasteiger partial charge in [0.25, 0.3) is 5.91 Å². The van der Waals surface area contributed by atoms with Gasteiger partial charge in [0.1, 0.15) is 0 Å². The summed E-state index contributed by atoms with van der Waals surface area (Å²) in [6.45, 7) is 9.39. The Labute approximate surface area is 174 Å². The van der Waals surface area contributed by atoms with Gasteiger partial charge in [0.15, 0.2) is 17.2 Å². The zero-order valence-corrected chi connectivity index (χ0v) is 18.0. The Morgan fingerprint density at radius 1 is 1.17 bits per heavy atom. The number of hydrogen-bond donors (Lipinski definition) is 1. The van der Waals surface area contributed by atoms with E-state index in [1.807, 2.05) is 13.8 Å². The summed E-state index contributed by atoms with van der Waals surface area (Å²) in [5.74, 6) is 0.534. The molecule has 1 atom stereocenters. The summed E-state index contributed by atoms with van der Waals surface area (Å²) in [5.41, 5.74) is -0.897. The van der Waals surface area contributed by atoms with Gasteiger partial charge in [-0.25, -0.2) is 0 Å². The molecule has 2 rings (SSSR count). The zero-order chi connectivity index (χ0) is 22.6. The van der Waals surface area contributed by atoms with Crippen LogP contribution in [0.2, 0.25) is 0 Å². The number of benzene rings is 1. The monoisotopic (exact) mass is 427 g/mol. The van der Waals surface area contributed by atoms with E-state index in [0.717, 1.165) is 10.9 Å². The van der Waals surface area contributed by atoms with Crippen LogP contribution in [0.5, 0.6) is 11.5 Å². The molecule has 6 nitrogen and oxygen atoms in total. The summed E-state index contributed by atoms with van der Waals surface area (Å²) in [4.78, 5) is 12.6. The number of rotatable bonds is 8. The summed E-state index contributed by atoms with van der Waals surface area (Å²) >= 11 is 0. The summed E-state index contributed by atoms with van der Waals surface area (Å²) in [6.07, 6.45) is -3.75. The van der Waals surface area contributed by atoms with Crippen molar-refractivity contribution in [3.63, 3.8) is 0 Å². The fourth-order valence-electron chi connectivity index (χ4n) is 2.89. The van der Waals surface area contributed by atoms with Crippen molar-refractivity contribution in [1.82, 2.24) is 15.1 Å². The van der Waals surface area contributed by atoms with Crippen LogP contribution in [0.4, 0.5) is 13.2 Å². The second-order valence-corrected chi connectivity index (χ2v) is 7.75. The summed E-state index contributed by atoms with van der Waals surface area (Å²) in [6, 6.07) is 4.06. The van der Waals surface area contributed by atoms with Gasteiger partial charge in [-0.05, 0) is 44.4 Å². The largest absolute Gasteiger partial charge is 0.493 e. The molecule has 0 saturated carbocycles. The number of carbonyl (C=O) groups is 1. The fraction of sp³-hybridized carbons (Fsp3) is 0.524. The van der Waals surface area contributed by atoms with Crippen molar-refractivity contribution in [3.05, 3.63) is 41.2 Å². The fourth-order valence-corrected chi connectivity index (χ4v) is 2.89. The number of alkyl halides is 3. The first-order chi connectivity index (χ1) is 14.0. The van der Waals surface area contributed by atoms with E-state index in [-0.39, 0.29) is 0 Å². The Bertz CT molecular complexity index is 876. The second kappa shape index (κ2) is 9.40. The highest BCUT2D eigenvalue weighted by atomic mass is 19.4. The molecule has 0 radical (unpaired) electrons. The third-order valence-corrected chi connectivity index (χ3v) is 4.41. The highest BCUT2D eigenvalue weighted by Crippen LogP contribution is 2.34. The quantitative estimate of drug-likeness (QED) is 0.643. The van der Waals surface area contributed by atoms with E-state index in [9.17, 15) is 18.0 Å². The molecular formula is C21H28F3N3O3. The van der Waals surface area contributed by atoms with Gasteiger partial charge in [-0.1, -0.05) is 19.9 Å². The first kappa shape index (κ1) is 23.6. The topological polar surface area (TPSA) is 65.4 Å². The van der Waals surface area contributed by atoms with Gasteiger partial charge in [0.05, 0.1) is 31.5 Å². The first-order valence-corrected chi connectivity index (χ1v) is 9.72. The van der Waals surface area contributed by atoms with Crippen molar-refractivity contribution >= 4 is 5.91 Å². The third kappa shape index (κ3) is 5.46. The van der Waals surface area contributed by atoms with Crippen molar-refractivity contribution in [1.29, 1.82) is 0 Å². The maximum Gasteiger partial charge on any atom is 0.433 e. The molecule has 0 aliphatic carbocycles. The molecule has 1 aromatic carbocycles. The zero-order valence-electron chi connectivity index (χ0n) is 18.0. The van der Waals surface area contributed by atoms with E-state index < -0.39 is 35.4 Å². The predicted octanol–water partition coefficient (Wildman–Crippen LogP) is 5.02. The number of carbonyl (C=O) groups excluding carboxylic acids is 1. The van der Waals surface area contributed by atoms with Crippen molar-refractivity contribution in [2.75, 3.05) is 13.7 Å². The molecule has 1 N–H and O–H groups in total. The van der Waals surface area contributed by atoms with E-state index >= 15 is 0 Å². The molecule has 166 valence electrons. The van der Waals surface area contributed by atoms with E-state index in [0.29, 0.717) is 29.6 Å². The SMILES string of the molecule is COc1cc([C@@H](C)NC(=O)c2cnn(C(C)C)c2C(F)(F)F)ccc1OCC(C)C. The number of nitrogens with zero attached hydrogens (tertiary/aromatic N) is 2. The third-order valence-electron chi connectivity index (χ3n) is 4.41. The van der Waals surface area contributed by atoms with Crippen LogP contribution in [0, 0.1) is 5.92 Å². The van der Waals surface area contributed by atoms with Crippen LogP contribution in [0.15, 0.2) is 24.4 Å². The Balaban J connectivity index is 2.24. The molecule has 0 saturated heterocycles. The van der Waals surface area contributed by atoms with Crippen LogP contribution >= 0.6 is 0 Å². The minimum Gasteiger partial charge on any atom is -0.493 e. The summed E-state index contributed by atoms with van der Waals surface area (Å²) in [7, 11) is 1.50. The molecule has 0 spiro atoms. The molecule has 0 aliphatic rings. The van der Waals surface area contributed by atoms with Crippen LogP contribution in [-0.4, -0.2) is 29.4 Å². The molecule has 2 aromatic rings. The number of halogens is 3. The number of hydrogen-bond acceptors (Lipinski definition) is 4. The van der Waals surface area contributed by atoms with Crippen LogP contribution in [0.25, 0.3) is 0 Å². The molecule has 1 amide bonds. The van der Waals surface area contributed by atoms with Gasteiger partial charge in [0.2, 0.25) is 0 Å². The second-order valence-electron chi connectivity index (χ2n) is 7.75. The Hall–Kier alpha value is -2.71. The van der Waals surface area contributed by atoms with Gasteiger partial charge in [-0.2, -0.15) is 18.3 Å². The lowest BCUT2D eigenvalue weighted by molar-refractivity contribution is -0.145. The average molecular weight is 427 g/mol. The number of methoxy groups -OCH3 is 1. The molecule has 1 heterocycles. The molecule has 30 heavy (non-hydrogen) atoms.